The maximum absolute atomic E-state index is 5.47. The minimum atomic E-state index is 0.807. The van der Waals surface area contributed by atoms with Gasteiger partial charge in [-0.15, -0.1) is 0 Å². The second-order valence-corrected chi connectivity index (χ2v) is 27.0. The average Bonchev–Trinajstić information content (AvgIpc) is 0.742. The molecule has 7 nitrogen and oxygen atoms in total. The summed E-state index contributed by atoms with van der Waals surface area (Å²) in [5.41, 5.74) is 28.8. The van der Waals surface area contributed by atoms with Crippen LogP contribution < -0.4 is 0 Å². The topological polar surface area (TPSA) is 90.2 Å². The summed E-state index contributed by atoms with van der Waals surface area (Å²) in [4.78, 5) is 35.5. The summed E-state index contributed by atoms with van der Waals surface area (Å²) in [7, 11) is 0. The third-order valence-corrected chi connectivity index (χ3v) is 20.4. The van der Waals surface area contributed by atoms with Crippen LogP contribution in [0.4, 0.5) is 0 Å². The van der Waals surface area contributed by atoms with Gasteiger partial charge in [-0.3, -0.25) is 9.97 Å². The van der Waals surface area contributed by atoms with Gasteiger partial charge in [0.2, 0.25) is 0 Å². The predicted octanol–water partition coefficient (Wildman–Crippen LogP) is 26.1. The summed E-state index contributed by atoms with van der Waals surface area (Å²) >= 11 is 0. The molecule has 0 saturated heterocycles. The molecule has 504 valence electrons. The van der Waals surface area contributed by atoms with E-state index < -0.39 is 0 Å². The standard InChI is InChI=1S/C52H34N4.C49H31N3/c1-3-14-36(15-4-1)42-20-12-22-44-50(42)45-23-13-21-43(52(45)56-51(44)38-16-5-2-6-17-38)37-28-26-35(27-29-37)39-18-11-19-40(32-39)41-33-48(46-24-7-9-30-53-46)55-49(34-41)47-25-8-10-31-54-47;1-4-13-32(14-5-1)39-21-11-23-41-45(39)42-24-12-22-40(49(42)52-46(41)34-17-8-3-9-18-34)37-19-10-20-38(31-37)44-30-28-36-26-25-35-27-29-43(33-15-6-2-7-16-33)50-47(35)48(36)51-44/h1-34H;1-31H. The largest absolute Gasteiger partial charge is 0.255 e. The third-order valence-electron chi connectivity index (χ3n) is 20.4. The number of aromatic nitrogens is 7. The molecule has 108 heavy (non-hydrogen) atoms. The normalized spacial score (nSPS) is 11.3. The molecule has 0 aliphatic heterocycles. The van der Waals surface area contributed by atoms with Crippen LogP contribution in [0.3, 0.4) is 0 Å². The Hall–Kier alpha value is -14.5. The van der Waals surface area contributed by atoms with Gasteiger partial charge in [0.15, 0.2) is 0 Å². The summed E-state index contributed by atoms with van der Waals surface area (Å²) in [6.07, 6.45) is 3.60. The first-order valence-corrected chi connectivity index (χ1v) is 36.4. The number of para-hydroxylation sites is 2. The van der Waals surface area contributed by atoms with E-state index in [0.29, 0.717) is 0 Å². The molecule has 0 amide bonds. The van der Waals surface area contributed by atoms with Crippen molar-refractivity contribution < 1.29 is 0 Å². The van der Waals surface area contributed by atoms with E-state index in [4.69, 9.17) is 24.9 Å². The summed E-state index contributed by atoms with van der Waals surface area (Å²) in [6, 6.07) is 134. The molecule has 0 radical (unpaired) electrons. The van der Waals surface area contributed by atoms with Crippen molar-refractivity contribution in [1.29, 1.82) is 0 Å². The van der Waals surface area contributed by atoms with Gasteiger partial charge in [-0.2, -0.15) is 0 Å². The molecule has 0 spiro atoms. The number of hydrogen-bond donors (Lipinski definition) is 0. The van der Waals surface area contributed by atoms with Crippen molar-refractivity contribution in [2.24, 2.45) is 0 Å². The lowest BCUT2D eigenvalue weighted by Gasteiger charge is -2.16. The Kier molecular flexibility index (Phi) is 16.8. The van der Waals surface area contributed by atoms with E-state index in [0.717, 1.165) is 167 Å². The number of hydrogen-bond acceptors (Lipinski definition) is 7. The lowest BCUT2D eigenvalue weighted by Crippen LogP contribution is -1.94. The van der Waals surface area contributed by atoms with E-state index in [1.54, 1.807) is 12.4 Å². The van der Waals surface area contributed by atoms with Crippen LogP contribution in [0.15, 0.2) is 395 Å². The second kappa shape index (κ2) is 28.3. The summed E-state index contributed by atoms with van der Waals surface area (Å²) in [6.45, 7) is 0. The Balaban J connectivity index is 0.000000147. The van der Waals surface area contributed by atoms with Gasteiger partial charge < -0.3 is 0 Å². The van der Waals surface area contributed by atoms with E-state index >= 15 is 0 Å². The highest BCUT2D eigenvalue weighted by Crippen LogP contribution is 2.45. The van der Waals surface area contributed by atoms with Gasteiger partial charge in [-0.05, 0) is 116 Å². The Morgan fingerprint density at radius 1 is 0.157 bits per heavy atom. The van der Waals surface area contributed by atoms with Crippen molar-refractivity contribution in [2.45, 2.75) is 0 Å². The fourth-order valence-electron chi connectivity index (χ4n) is 15.2. The number of rotatable bonds is 12. The van der Waals surface area contributed by atoms with Crippen molar-refractivity contribution >= 4 is 65.2 Å². The SMILES string of the molecule is c1ccc(-c2ccc3ccc4ccc(-c5cccc(-c6cccc7c6nc(-c6ccccc6)c6cccc(-c8ccccc8)c67)c5)nc4c3n2)cc1.c1ccc(-c2nc3c(-c4ccc(-c5cccc(-c6cc(-c7ccccn7)nc(-c7ccccn7)c6)c5)cc4)cccc3c3c(-c4ccccc4)cccc23)cc1. The van der Waals surface area contributed by atoms with E-state index in [-0.39, 0.29) is 0 Å². The molecular weight excluding hydrogens is 1310 g/mol. The maximum Gasteiger partial charge on any atom is 0.0972 e. The van der Waals surface area contributed by atoms with Gasteiger partial charge >= 0.3 is 0 Å². The van der Waals surface area contributed by atoms with Crippen molar-refractivity contribution in [3.05, 3.63) is 395 Å². The Morgan fingerprint density at radius 3 is 0.991 bits per heavy atom. The molecule has 0 atom stereocenters. The molecule has 7 heterocycles. The predicted molar refractivity (Wildman–Crippen MR) is 448 cm³/mol. The van der Waals surface area contributed by atoms with Crippen molar-refractivity contribution in [2.75, 3.05) is 0 Å². The first-order chi connectivity index (χ1) is 53.5. The molecule has 0 saturated carbocycles. The first kappa shape index (κ1) is 64.3. The number of pyridine rings is 7. The highest BCUT2D eigenvalue weighted by atomic mass is 14.8. The van der Waals surface area contributed by atoms with Crippen LogP contribution in [-0.4, -0.2) is 34.9 Å². The summed E-state index contributed by atoms with van der Waals surface area (Å²) in [5, 5.41) is 9.12. The van der Waals surface area contributed by atoms with E-state index in [1.807, 2.05) is 54.6 Å². The second-order valence-electron chi connectivity index (χ2n) is 27.0. The minimum absolute atomic E-state index is 0.807. The Morgan fingerprint density at radius 2 is 0.509 bits per heavy atom. The lowest BCUT2D eigenvalue weighted by atomic mass is 9.91. The smallest absolute Gasteiger partial charge is 0.0972 e. The maximum atomic E-state index is 5.47. The molecule has 0 aliphatic rings. The Bertz CT molecular complexity index is 6690. The zero-order chi connectivity index (χ0) is 71.7. The van der Waals surface area contributed by atoms with Crippen LogP contribution in [0, 0.1) is 0 Å². The van der Waals surface area contributed by atoms with E-state index in [1.165, 1.54) is 33.0 Å². The molecule has 7 heteroatoms. The van der Waals surface area contributed by atoms with E-state index in [2.05, 4.69) is 338 Å². The van der Waals surface area contributed by atoms with Gasteiger partial charge in [-0.1, -0.05) is 322 Å². The lowest BCUT2D eigenvalue weighted by molar-refractivity contribution is 1.22. The van der Waals surface area contributed by atoms with Gasteiger partial charge in [0, 0.05) is 88.9 Å². The van der Waals surface area contributed by atoms with Crippen LogP contribution in [0.5, 0.6) is 0 Å². The van der Waals surface area contributed by atoms with Crippen LogP contribution in [0.25, 0.3) is 200 Å². The highest BCUT2D eigenvalue weighted by Gasteiger charge is 2.21. The summed E-state index contributed by atoms with van der Waals surface area (Å²) < 4.78 is 0. The van der Waals surface area contributed by atoms with Crippen molar-refractivity contribution in [1.82, 2.24) is 34.9 Å². The van der Waals surface area contributed by atoms with Crippen LogP contribution in [-0.2, 0) is 0 Å². The number of benzene rings is 13. The van der Waals surface area contributed by atoms with Crippen molar-refractivity contribution in [3.8, 4) is 135 Å². The molecule has 0 aliphatic carbocycles. The van der Waals surface area contributed by atoms with Crippen LogP contribution in [0.1, 0.15) is 0 Å². The molecule has 7 aromatic heterocycles. The molecule has 20 rings (SSSR count). The van der Waals surface area contributed by atoms with Crippen LogP contribution >= 0.6 is 0 Å². The zero-order valence-electron chi connectivity index (χ0n) is 58.7. The summed E-state index contributed by atoms with van der Waals surface area (Å²) in [5.74, 6) is 0. The molecule has 0 N–H and O–H groups in total. The highest BCUT2D eigenvalue weighted by molar-refractivity contribution is 6.21. The molecule has 0 fully saturated rings. The molecule has 0 unspecified atom stereocenters. The number of fused-ring (bicyclic) bond motifs is 9. The van der Waals surface area contributed by atoms with Gasteiger partial charge in [0.1, 0.15) is 0 Å². The molecular formula is C101H65N7. The first-order valence-electron chi connectivity index (χ1n) is 36.4. The minimum Gasteiger partial charge on any atom is -0.255 e. The quantitative estimate of drug-likeness (QED) is 0.113. The molecule has 20 aromatic rings. The zero-order valence-corrected chi connectivity index (χ0v) is 58.7. The third kappa shape index (κ3) is 12.3. The molecule has 13 aromatic carbocycles. The average molecular weight is 1380 g/mol. The van der Waals surface area contributed by atoms with E-state index in [9.17, 15) is 0 Å². The monoisotopic (exact) mass is 1380 g/mol. The van der Waals surface area contributed by atoms with Crippen molar-refractivity contribution in [3.63, 3.8) is 0 Å². The fourth-order valence-corrected chi connectivity index (χ4v) is 15.2. The molecule has 0 bridgehead atoms. The number of nitrogens with zero attached hydrogens (tertiary/aromatic N) is 7. The van der Waals surface area contributed by atoms with Gasteiger partial charge in [0.05, 0.1) is 67.6 Å². The van der Waals surface area contributed by atoms with Crippen LogP contribution in [0.2, 0.25) is 0 Å². The fraction of sp³-hybridized carbons (Fsp3) is 0. The van der Waals surface area contributed by atoms with Gasteiger partial charge in [0.25, 0.3) is 0 Å². The van der Waals surface area contributed by atoms with Gasteiger partial charge in [-0.25, -0.2) is 24.9 Å². The Labute approximate surface area is 625 Å².